The van der Waals surface area contributed by atoms with Crippen LogP contribution in [0.2, 0.25) is 0 Å². The normalized spacial score (nSPS) is 18.3. The minimum atomic E-state index is 0.490. The lowest BCUT2D eigenvalue weighted by Crippen LogP contribution is -2.31. The highest BCUT2D eigenvalue weighted by atomic mass is 32.1. The van der Waals surface area contributed by atoms with Gasteiger partial charge in [-0.1, -0.05) is 0 Å². The lowest BCUT2D eigenvalue weighted by atomic mass is 10.2. The Morgan fingerprint density at radius 1 is 1.60 bits per heavy atom. The first kappa shape index (κ1) is 11.1. The molecule has 0 radical (unpaired) electrons. The average molecular weight is 224 g/mol. The van der Waals surface area contributed by atoms with Crippen molar-refractivity contribution in [2.24, 2.45) is 0 Å². The summed E-state index contributed by atoms with van der Waals surface area (Å²) >= 11 is 1.77. The van der Waals surface area contributed by atoms with Crippen LogP contribution in [0.4, 0.5) is 0 Å². The van der Waals surface area contributed by atoms with E-state index in [1.165, 1.54) is 24.9 Å². The molecule has 1 aliphatic carbocycles. The van der Waals surface area contributed by atoms with E-state index in [-0.39, 0.29) is 0 Å². The molecule has 1 heterocycles. The number of likely N-dealkylation sites (N-methyl/N-ethyl adjacent to an activating group) is 1. The van der Waals surface area contributed by atoms with Crippen molar-refractivity contribution in [3.63, 3.8) is 0 Å². The molecule has 2 nitrogen and oxygen atoms in total. The van der Waals surface area contributed by atoms with E-state index in [0.29, 0.717) is 6.04 Å². The fourth-order valence-corrected chi connectivity index (χ4v) is 2.55. The third kappa shape index (κ3) is 3.30. The van der Waals surface area contributed by atoms with Crippen LogP contribution in [-0.4, -0.2) is 31.1 Å². The molecule has 1 unspecified atom stereocenters. The summed E-state index contributed by atoms with van der Waals surface area (Å²) in [5.41, 5.74) is 1.41. The van der Waals surface area contributed by atoms with Gasteiger partial charge < -0.3 is 10.2 Å². The quantitative estimate of drug-likeness (QED) is 0.798. The maximum absolute atomic E-state index is 3.56. The summed E-state index contributed by atoms with van der Waals surface area (Å²) < 4.78 is 0. The molecular formula is C12H20N2S. The van der Waals surface area contributed by atoms with Crippen LogP contribution in [0, 0.1) is 0 Å². The Morgan fingerprint density at radius 3 is 3.00 bits per heavy atom. The lowest BCUT2D eigenvalue weighted by molar-refractivity contribution is 0.316. The molecule has 15 heavy (non-hydrogen) atoms. The van der Waals surface area contributed by atoms with Crippen molar-refractivity contribution in [2.45, 2.75) is 31.8 Å². The maximum atomic E-state index is 3.56. The van der Waals surface area contributed by atoms with Crippen molar-refractivity contribution >= 4 is 11.3 Å². The number of hydrogen-bond donors (Lipinski definition) is 1. The van der Waals surface area contributed by atoms with E-state index in [4.69, 9.17) is 0 Å². The fraction of sp³-hybridized carbons (Fsp3) is 0.667. The van der Waals surface area contributed by atoms with Crippen LogP contribution >= 0.6 is 11.3 Å². The van der Waals surface area contributed by atoms with E-state index in [0.717, 1.165) is 12.6 Å². The molecule has 1 aromatic rings. The topological polar surface area (TPSA) is 15.3 Å². The van der Waals surface area contributed by atoms with Gasteiger partial charge in [0.2, 0.25) is 0 Å². The van der Waals surface area contributed by atoms with Crippen molar-refractivity contribution in [1.82, 2.24) is 10.2 Å². The molecule has 2 rings (SSSR count). The second-order valence-corrected chi connectivity index (χ2v) is 5.22. The standard InChI is InChI=1S/C12H20N2S/c1-10(11-5-8-15-9-11)13-6-7-14(2)12-3-4-12/h5,8-10,12-13H,3-4,6-7H2,1-2H3. The molecule has 1 saturated carbocycles. The van der Waals surface area contributed by atoms with E-state index in [1.54, 1.807) is 11.3 Å². The summed E-state index contributed by atoms with van der Waals surface area (Å²) in [6, 6.07) is 3.57. The predicted molar refractivity (Wildman–Crippen MR) is 66.4 cm³/mol. The third-order valence-electron chi connectivity index (χ3n) is 3.13. The van der Waals surface area contributed by atoms with Gasteiger partial charge in [0.05, 0.1) is 0 Å². The summed E-state index contributed by atoms with van der Waals surface area (Å²) in [6.07, 6.45) is 2.80. The van der Waals surface area contributed by atoms with Crippen molar-refractivity contribution in [2.75, 3.05) is 20.1 Å². The summed E-state index contributed by atoms with van der Waals surface area (Å²) in [7, 11) is 2.23. The molecule has 0 spiro atoms. The summed E-state index contributed by atoms with van der Waals surface area (Å²) in [5.74, 6) is 0. The predicted octanol–water partition coefficient (Wildman–Crippen LogP) is 2.49. The number of thiophene rings is 1. The first-order valence-electron chi connectivity index (χ1n) is 5.73. The van der Waals surface area contributed by atoms with Gasteiger partial charge in [0.25, 0.3) is 0 Å². The van der Waals surface area contributed by atoms with E-state index in [9.17, 15) is 0 Å². The Labute approximate surface area is 96.3 Å². The zero-order chi connectivity index (χ0) is 10.7. The van der Waals surface area contributed by atoms with Crippen LogP contribution in [-0.2, 0) is 0 Å². The molecule has 0 bridgehead atoms. The van der Waals surface area contributed by atoms with Crippen LogP contribution in [0.1, 0.15) is 31.4 Å². The highest BCUT2D eigenvalue weighted by molar-refractivity contribution is 7.07. The molecular weight excluding hydrogens is 204 g/mol. The number of rotatable bonds is 6. The van der Waals surface area contributed by atoms with Crippen LogP contribution in [0.25, 0.3) is 0 Å². The third-order valence-corrected chi connectivity index (χ3v) is 3.83. The molecule has 1 aromatic heterocycles. The molecule has 1 aliphatic rings. The van der Waals surface area contributed by atoms with Crippen LogP contribution in [0.3, 0.4) is 0 Å². The molecule has 1 N–H and O–H groups in total. The molecule has 0 amide bonds. The second kappa shape index (κ2) is 5.10. The van der Waals surface area contributed by atoms with Gasteiger partial charge in [0.1, 0.15) is 0 Å². The van der Waals surface area contributed by atoms with Gasteiger partial charge in [-0.05, 0) is 49.2 Å². The Kier molecular flexibility index (Phi) is 3.78. The minimum absolute atomic E-state index is 0.490. The number of nitrogens with one attached hydrogen (secondary N) is 1. The first-order chi connectivity index (χ1) is 7.27. The summed E-state index contributed by atoms with van der Waals surface area (Å²) in [4.78, 5) is 2.47. The monoisotopic (exact) mass is 224 g/mol. The first-order valence-corrected chi connectivity index (χ1v) is 6.67. The van der Waals surface area contributed by atoms with Gasteiger partial charge in [-0.3, -0.25) is 0 Å². The summed E-state index contributed by atoms with van der Waals surface area (Å²) in [5, 5.41) is 7.93. The average Bonchev–Trinajstić information content (AvgIpc) is 2.93. The van der Waals surface area contributed by atoms with Crippen molar-refractivity contribution < 1.29 is 0 Å². The van der Waals surface area contributed by atoms with Crippen molar-refractivity contribution in [3.8, 4) is 0 Å². The molecule has 1 fully saturated rings. The molecule has 0 saturated heterocycles. The summed E-state index contributed by atoms with van der Waals surface area (Å²) in [6.45, 7) is 4.49. The van der Waals surface area contributed by atoms with Gasteiger partial charge in [0, 0.05) is 25.2 Å². The maximum Gasteiger partial charge on any atom is 0.0300 e. The van der Waals surface area contributed by atoms with E-state index < -0.39 is 0 Å². The lowest BCUT2D eigenvalue weighted by Gasteiger charge is -2.18. The highest BCUT2D eigenvalue weighted by Gasteiger charge is 2.25. The molecule has 0 aliphatic heterocycles. The van der Waals surface area contributed by atoms with Crippen LogP contribution in [0.5, 0.6) is 0 Å². The van der Waals surface area contributed by atoms with Gasteiger partial charge >= 0.3 is 0 Å². The van der Waals surface area contributed by atoms with Gasteiger partial charge in [-0.2, -0.15) is 11.3 Å². The molecule has 1 atom stereocenters. The fourth-order valence-electron chi connectivity index (χ4n) is 1.79. The molecule has 0 aromatic carbocycles. The molecule has 3 heteroatoms. The Morgan fingerprint density at radius 2 is 2.40 bits per heavy atom. The van der Waals surface area contributed by atoms with Crippen molar-refractivity contribution in [3.05, 3.63) is 22.4 Å². The number of hydrogen-bond acceptors (Lipinski definition) is 3. The van der Waals surface area contributed by atoms with Crippen LogP contribution < -0.4 is 5.32 Å². The van der Waals surface area contributed by atoms with E-state index in [1.807, 2.05) is 0 Å². The number of nitrogens with zero attached hydrogens (tertiary/aromatic N) is 1. The zero-order valence-corrected chi connectivity index (χ0v) is 10.4. The van der Waals surface area contributed by atoms with Gasteiger partial charge in [0.15, 0.2) is 0 Å². The Hall–Kier alpha value is -0.380. The van der Waals surface area contributed by atoms with Gasteiger partial charge in [-0.15, -0.1) is 0 Å². The largest absolute Gasteiger partial charge is 0.309 e. The minimum Gasteiger partial charge on any atom is -0.309 e. The van der Waals surface area contributed by atoms with E-state index >= 15 is 0 Å². The molecule has 84 valence electrons. The second-order valence-electron chi connectivity index (χ2n) is 4.44. The Balaban J connectivity index is 1.64. The smallest absolute Gasteiger partial charge is 0.0300 e. The Bertz CT molecular complexity index is 280. The highest BCUT2D eigenvalue weighted by Crippen LogP contribution is 2.24. The SMILES string of the molecule is CC(NCCN(C)C1CC1)c1ccsc1. The van der Waals surface area contributed by atoms with Crippen LogP contribution in [0.15, 0.2) is 16.8 Å². The van der Waals surface area contributed by atoms with Crippen molar-refractivity contribution in [1.29, 1.82) is 0 Å². The van der Waals surface area contributed by atoms with E-state index in [2.05, 4.69) is 41.0 Å². The van der Waals surface area contributed by atoms with Gasteiger partial charge in [-0.25, -0.2) is 0 Å². The zero-order valence-electron chi connectivity index (χ0n) is 9.57.